The lowest BCUT2D eigenvalue weighted by Crippen LogP contribution is -2.36. The fourth-order valence-corrected chi connectivity index (χ4v) is 6.29. The van der Waals surface area contributed by atoms with Crippen molar-refractivity contribution in [2.24, 2.45) is 4.36 Å². The highest BCUT2D eigenvalue weighted by Gasteiger charge is 2.36. The van der Waals surface area contributed by atoms with Gasteiger partial charge in [-0.2, -0.15) is 8.78 Å². The van der Waals surface area contributed by atoms with Gasteiger partial charge >= 0.3 is 0 Å². The minimum atomic E-state index is -3.81. The summed E-state index contributed by atoms with van der Waals surface area (Å²) in [5.74, 6) is -5.06. The molecule has 1 aliphatic rings. The van der Waals surface area contributed by atoms with Crippen molar-refractivity contribution < 1.29 is 22.2 Å². The van der Waals surface area contributed by atoms with Crippen LogP contribution >= 0.6 is 11.6 Å². The van der Waals surface area contributed by atoms with Crippen LogP contribution in [0.4, 0.5) is 13.2 Å². The van der Waals surface area contributed by atoms with E-state index >= 15 is 13.2 Å². The minimum Gasteiger partial charge on any atom is -0.346 e. The van der Waals surface area contributed by atoms with Gasteiger partial charge in [-0.15, -0.1) is 10.2 Å². The van der Waals surface area contributed by atoms with Crippen LogP contribution in [0.15, 0.2) is 50.7 Å². The first-order valence-corrected chi connectivity index (χ1v) is 13.5. The summed E-state index contributed by atoms with van der Waals surface area (Å²) in [5, 5.41) is 9.23. The Hall–Kier alpha value is -2.98. The zero-order chi connectivity index (χ0) is 27.1. The number of aryl methyl sites for hydroxylation is 2. The summed E-state index contributed by atoms with van der Waals surface area (Å²) in [5.41, 5.74) is 1.12. The average molecular weight is 551 g/mol. The molecule has 4 rings (SSSR count). The molecule has 1 N–H and O–H groups in total. The molecule has 0 bridgehead atoms. The highest BCUT2D eigenvalue weighted by molar-refractivity contribution is 7.93. The SMILES string of the molecule is CN=S(=O)(c1cccc(C2CC2)c1F)c1nnc(Cl)c(C)c1C(=O)NCC(F)(F)c1ccc(C)cc1C. The first-order chi connectivity index (χ1) is 17.4. The van der Waals surface area contributed by atoms with E-state index in [-0.39, 0.29) is 32.7 Å². The van der Waals surface area contributed by atoms with E-state index in [2.05, 4.69) is 19.9 Å². The van der Waals surface area contributed by atoms with E-state index in [0.29, 0.717) is 11.1 Å². The van der Waals surface area contributed by atoms with Crippen LogP contribution in [0.25, 0.3) is 0 Å². The standard InChI is InChI=1S/C26H26ClF3N4O2S/c1-14-8-11-19(15(2)12-14)26(29,30)13-32-24(35)21-16(3)23(27)33-34-25(21)37(36,31-4)20-7-5-6-18(22(20)28)17-9-10-17/h5-8,11-12,17H,9-10,13H2,1-4H3,(H,32,35). The molecule has 0 radical (unpaired) electrons. The molecule has 6 nitrogen and oxygen atoms in total. The maximum Gasteiger partial charge on any atom is 0.290 e. The van der Waals surface area contributed by atoms with Crippen molar-refractivity contribution >= 4 is 27.2 Å². The largest absolute Gasteiger partial charge is 0.346 e. The van der Waals surface area contributed by atoms with Gasteiger partial charge < -0.3 is 5.32 Å². The number of nitrogens with zero attached hydrogens (tertiary/aromatic N) is 3. The molecule has 0 saturated heterocycles. The van der Waals surface area contributed by atoms with Crippen molar-refractivity contribution in [1.29, 1.82) is 0 Å². The average Bonchev–Trinajstić information content (AvgIpc) is 3.69. The minimum absolute atomic E-state index is 0.0220. The van der Waals surface area contributed by atoms with Crippen LogP contribution < -0.4 is 5.32 Å². The van der Waals surface area contributed by atoms with E-state index < -0.39 is 38.9 Å². The molecule has 1 aliphatic carbocycles. The molecule has 1 saturated carbocycles. The van der Waals surface area contributed by atoms with Crippen molar-refractivity contribution in [2.75, 3.05) is 13.6 Å². The third-order valence-electron chi connectivity index (χ3n) is 6.43. The molecular weight excluding hydrogens is 525 g/mol. The van der Waals surface area contributed by atoms with Gasteiger partial charge in [0.1, 0.15) is 15.5 Å². The predicted octanol–water partition coefficient (Wildman–Crippen LogP) is 6.11. The Morgan fingerprint density at radius 2 is 1.89 bits per heavy atom. The Morgan fingerprint density at radius 1 is 1.19 bits per heavy atom. The number of carbonyl (C=O) groups excluding carboxylic acids is 1. The van der Waals surface area contributed by atoms with Gasteiger partial charge in [0.25, 0.3) is 11.8 Å². The number of rotatable bonds is 7. The Morgan fingerprint density at radius 3 is 2.51 bits per heavy atom. The van der Waals surface area contributed by atoms with Crippen LogP contribution in [-0.4, -0.2) is 33.9 Å². The smallest absolute Gasteiger partial charge is 0.290 e. The van der Waals surface area contributed by atoms with E-state index in [1.165, 1.54) is 26.1 Å². The number of aromatic nitrogens is 2. The number of hydrogen-bond donors (Lipinski definition) is 1. The first-order valence-electron chi connectivity index (χ1n) is 11.6. The number of benzene rings is 2. The van der Waals surface area contributed by atoms with E-state index in [4.69, 9.17) is 11.6 Å². The van der Waals surface area contributed by atoms with Crippen molar-refractivity contribution in [3.05, 3.63) is 80.7 Å². The lowest BCUT2D eigenvalue weighted by atomic mass is 10.00. The molecule has 2 aromatic carbocycles. The second-order valence-corrected chi connectivity index (χ2v) is 11.7. The van der Waals surface area contributed by atoms with Gasteiger partial charge in [-0.25, -0.2) is 13.0 Å². The van der Waals surface area contributed by atoms with Crippen molar-refractivity contribution in [2.45, 2.75) is 55.4 Å². The summed E-state index contributed by atoms with van der Waals surface area (Å²) in [6.45, 7) is 3.74. The highest BCUT2D eigenvalue weighted by atomic mass is 35.5. The molecule has 1 unspecified atom stereocenters. The second kappa shape index (κ2) is 10.1. The third-order valence-corrected chi connectivity index (χ3v) is 9.02. The number of halogens is 4. The van der Waals surface area contributed by atoms with E-state index in [1.54, 1.807) is 38.1 Å². The summed E-state index contributed by atoms with van der Waals surface area (Å²) in [6, 6.07) is 9.01. The van der Waals surface area contributed by atoms with Gasteiger partial charge in [-0.3, -0.25) is 4.79 Å². The number of nitrogens with one attached hydrogen (secondary N) is 1. The monoisotopic (exact) mass is 550 g/mol. The fraction of sp³-hybridized carbons (Fsp3) is 0.346. The van der Waals surface area contributed by atoms with Gasteiger partial charge in [0, 0.05) is 18.2 Å². The van der Waals surface area contributed by atoms with Gasteiger partial charge in [0.05, 0.1) is 17.0 Å². The Kier molecular flexibility index (Phi) is 7.36. The number of carbonyl (C=O) groups is 1. The van der Waals surface area contributed by atoms with Crippen LogP contribution in [0.3, 0.4) is 0 Å². The maximum atomic E-state index is 15.5. The van der Waals surface area contributed by atoms with Crippen molar-refractivity contribution in [1.82, 2.24) is 15.5 Å². The molecule has 1 atom stereocenters. The predicted molar refractivity (Wildman–Crippen MR) is 135 cm³/mol. The molecule has 1 fully saturated rings. The van der Waals surface area contributed by atoms with Crippen LogP contribution in [0, 0.1) is 26.6 Å². The van der Waals surface area contributed by atoms with Gasteiger partial charge in [0.2, 0.25) is 0 Å². The van der Waals surface area contributed by atoms with Crippen LogP contribution in [-0.2, 0) is 15.7 Å². The summed E-state index contributed by atoms with van der Waals surface area (Å²) in [4.78, 5) is 13.0. The second-order valence-electron chi connectivity index (χ2n) is 9.14. The van der Waals surface area contributed by atoms with Crippen LogP contribution in [0.2, 0.25) is 5.15 Å². The molecule has 3 aromatic rings. The van der Waals surface area contributed by atoms with Crippen LogP contribution in [0.5, 0.6) is 0 Å². The van der Waals surface area contributed by atoms with E-state index in [0.717, 1.165) is 18.4 Å². The number of alkyl halides is 2. The van der Waals surface area contributed by atoms with Gasteiger partial charge in [-0.05, 0) is 56.7 Å². The molecule has 196 valence electrons. The van der Waals surface area contributed by atoms with E-state index in [1.807, 2.05) is 0 Å². The molecule has 0 aliphatic heterocycles. The lowest BCUT2D eigenvalue weighted by molar-refractivity contribution is -0.00312. The molecule has 0 spiro atoms. The molecule has 1 aromatic heterocycles. The summed E-state index contributed by atoms with van der Waals surface area (Å²) in [6.07, 6.45) is 1.63. The third kappa shape index (κ3) is 5.09. The molecule has 1 amide bonds. The summed E-state index contributed by atoms with van der Waals surface area (Å²) < 4.78 is 63.7. The first kappa shape index (κ1) is 27.1. The van der Waals surface area contributed by atoms with Gasteiger partial charge in [-0.1, -0.05) is 47.5 Å². The van der Waals surface area contributed by atoms with Crippen LogP contribution in [0.1, 0.15) is 56.9 Å². The Bertz CT molecular complexity index is 1520. The Balaban J connectivity index is 1.75. The maximum absolute atomic E-state index is 15.5. The zero-order valence-corrected chi connectivity index (χ0v) is 22.3. The zero-order valence-electron chi connectivity index (χ0n) is 20.7. The highest BCUT2D eigenvalue weighted by Crippen LogP contribution is 2.43. The van der Waals surface area contributed by atoms with Crippen molar-refractivity contribution in [3.8, 4) is 0 Å². The number of hydrogen-bond acceptors (Lipinski definition) is 5. The molecule has 37 heavy (non-hydrogen) atoms. The number of amides is 1. The van der Waals surface area contributed by atoms with E-state index in [9.17, 15) is 9.00 Å². The molecule has 1 heterocycles. The topological polar surface area (TPSA) is 84.3 Å². The molecular formula is C26H26ClF3N4O2S. The quantitative estimate of drug-likeness (QED) is 0.385. The summed E-state index contributed by atoms with van der Waals surface area (Å²) in [7, 11) is -2.59. The normalized spacial score (nSPS) is 15.2. The lowest BCUT2D eigenvalue weighted by Gasteiger charge is -2.21. The summed E-state index contributed by atoms with van der Waals surface area (Å²) >= 11 is 6.10. The van der Waals surface area contributed by atoms with Gasteiger partial charge in [0.15, 0.2) is 10.2 Å². The molecule has 11 heteroatoms. The fourth-order valence-electron chi connectivity index (χ4n) is 4.28. The van der Waals surface area contributed by atoms with Crippen molar-refractivity contribution in [3.63, 3.8) is 0 Å². The Labute approximate surface area is 218 Å².